The molecule has 2 N–H and O–H groups in total. The molecule has 1 aromatic heterocycles. The van der Waals surface area contributed by atoms with E-state index in [1.807, 2.05) is 35.7 Å². The quantitative estimate of drug-likeness (QED) is 0.255. The zero-order chi connectivity index (χ0) is 23.2. The summed E-state index contributed by atoms with van der Waals surface area (Å²) in [7, 11) is 0. The van der Waals surface area contributed by atoms with Crippen molar-refractivity contribution in [1.82, 2.24) is 4.98 Å². The molecule has 0 aliphatic rings. The molecule has 0 aliphatic heterocycles. The third-order valence-electron chi connectivity index (χ3n) is 4.46. The summed E-state index contributed by atoms with van der Waals surface area (Å²) in [5.74, 6) is -0.703. The van der Waals surface area contributed by atoms with E-state index in [9.17, 15) is 14.0 Å². The van der Waals surface area contributed by atoms with Gasteiger partial charge in [-0.05, 0) is 54.6 Å². The van der Waals surface area contributed by atoms with Gasteiger partial charge in [-0.3, -0.25) is 9.59 Å². The maximum atomic E-state index is 13.0. The van der Waals surface area contributed by atoms with E-state index in [0.29, 0.717) is 16.4 Å². The monoisotopic (exact) mass is 541 g/mol. The molecule has 9 heteroatoms. The molecular weight excluding hydrogens is 525 g/mol. The Morgan fingerprint density at radius 3 is 2.52 bits per heavy atom. The van der Waals surface area contributed by atoms with Crippen molar-refractivity contribution in [1.29, 1.82) is 0 Å². The first-order valence-electron chi connectivity index (χ1n) is 9.77. The second kappa shape index (κ2) is 10.7. The second-order valence-electron chi connectivity index (χ2n) is 6.87. The van der Waals surface area contributed by atoms with Crippen molar-refractivity contribution < 1.29 is 14.0 Å². The summed E-state index contributed by atoms with van der Waals surface area (Å²) in [6.45, 7) is 0. The predicted octanol–water partition coefficient (Wildman–Crippen LogP) is 6.69. The minimum absolute atomic E-state index is 0.169. The van der Waals surface area contributed by atoms with Crippen LogP contribution in [0.1, 0.15) is 10.4 Å². The average Bonchev–Trinajstić information content (AvgIpc) is 3.27. The van der Waals surface area contributed by atoms with Crippen LogP contribution in [0.15, 0.2) is 87.5 Å². The average molecular weight is 542 g/mol. The van der Waals surface area contributed by atoms with Crippen LogP contribution in [0.25, 0.3) is 11.3 Å². The lowest BCUT2D eigenvalue weighted by Crippen LogP contribution is -2.14. The van der Waals surface area contributed by atoms with Gasteiger partial charge in [-0.25, -0.2) is 9.37 Å². The number of hydrogen-bond acceptors (Lipinski definition) is 5. The number of aromatic nitrogens is 1. The van der Waals surface area contributed by atoms with Gasteiger partial charge >= 0.3 is 0 Å². The fraction of sp³-hybridized carbons (Fsp3) is 0.0417. The minimum Gasteiger partial charge on any atom is -0.322 e. The van der Waals surface area contributed by atoms with Crippen LogP contribution in [0, 0.1) is 5.82 Å². The zero-order valence-electron chi connectivity index (χ0n) is 17.0. The summed E-state index contributed by atoms with van der Waals surface area (Å²) in [5, 5.41) is 8.05. The number of carbonyl (C=O) groups excluding carboxylic acids is 2. The SMILES string of the molecule is O=C(CSc1cccc(NC(=O)c2ccc(F)cc2)c1)Nc1nc(-c2ccc(Br)cc2)cs1. The third kappa shape index (κ3) is 6.50. The van der Waals surface area contributed by atoms with Crippen molar-refractivity contribution in [2.75, 3.05) is 16.4 Å². The number of carbonyl (C=O) groups is 2. The highest BCUT2D eigenvalue weighted by atomic mass is 79.9. The van der Waals surface area contributed by atoms with E-state index in [1.54, 1.807) is 18.2 Å². The second-order valence-corrected chi connectivity index (χ2v) is 9.69. The smallest absolute Gasteiger partial charge is 0.255 e. The lowest BCUT2D eigenvalue weighted by atomic mass is 10.2. The molecule has 0 radical (unpaired) electrons. The van der Waals surface area contributed by atoms with E-state index >= 15 is 0 Å². The van der Waals surface area contributed by atoms with Crippen LogP contribution in [0.3, 0.4) is 0 Å². The molecule has 0 unspecified atom stereocenters. The number of thioether (sulfide) groups is 1. The molecule has 4 rings (SSSR count). The van der Waals surface area contributed by atoms with Crippen LogP contribution in [0.4, 0.5) is 15.2 Å². The van der Waals surface area contributed by atoms with Gasteiger partial charge in [0, 0.05) is 31.6 Å². The molecule has 33 heavy (non-hydrogen) atoms. The van der Waals surface area contributed by atoms with Crippen LogP contribution < -0.4 is 10.6 Å². The van der Waals surface area contributed by atoms with Gasteiger partial charge in [0.1, 0.15) is 5.82 Å². The predicted molar refractivity (Wildman–Crippen MR) is 135 cm³/mol. The Morgan fingerprint density at radius 1 is 1.00 bits per heavy atom. The van der Waals surface area contributed by atoms with Crippen molar-refractivity contribution in [3.8, 4) is 11.3 Å². The van der Waals surface area contributed by atoms with Crippen molar-refractivity contribution >= 4 is 61.7 Å². The Balaban J connectivity index is 1.31. The molecule has 0 fully saturated rings. The molecule has 166 valence electrons. The van der Waals surface area contributed by atoms with Gasteiger partial charge in [-0.2, -0.15) is 0 Å². The van der Waals surface area contributed by atoms with Gasteiger partial charge in [0.2, 0.25) is 5.91 Å². The number of nitrogens with one attached hydrogen (secondary N) is 2. The molecule has 0 saturated heterocycles. The number of hydrogen-bond donors (Lipinski definition) is 2. The Morgan fingerprint density at radius 2 is 1.76 bits per heavy atom. The highest BCUT2D eigenvalue weighted by Gasteiger charge is 2.10. The van der Waals surface area contributed by atoms with E-state index in [0.717, 1.165) is 20.6 Å². The fourth-order valence-corrected chi connectivity index (χ4v) is 4.61. The van der Waals surface area contributed by atoms with E-state index in [2.05, 4.69) is 31.5 Å². The summed E-state index contributed by atoms with van der Waals surface area (Å²) in [6.07, 6.45) is 0. The number of halogens is 2. The molecular formula is C24H17BrFN3O2S2. The lowest BCUT2D eigenvalue weighted by Gasteiger charge is -2.08. The molecule has 0 atom stereocenters. The number of anilines is 2. The van der Waals surface area contributed by atoms with E-state index in [-0.39, 0.29) is 17.6 Å². The van der Waals surface area contributed by atoms with Gasteiger partial charge in [0.25, 0.3) is 5.91 Å². The number of benzene rings is 3. The Labute approximate surface area is 206 Å². The van der Waals surface area contributed by atoms with Gasteiger partial charge in [0.05, 0.1) is 11.4 Å². The van der Waals surface area contributed by atoms with Gasteiger partial charge in [-0.15, -0.1) is 23.1 Å². The Bertz CT molecular complexity index is 1280. The summed E-state index contributed by atoms with van der Waals surface area (Å²) in [6, 6.07) is 20.3. The van der Waals surface area contributed by atoms with Gasteiger partial charge in [-0.1, -0.05) is 34.1 Å². The topological polar surface area (TPSA) is 71.1 Å². The van der Waals surface area contributed by atoms with E-state index in [1.165, 1.54) is 47.4 Å². The van der Waals surface area contributed by atoms with Crippen LogP contribution in [0.5, 0.6) is 0 Å². The normalized spacial score (nSPS) is 10.6. The summed E-state index contributed by atoms with van der Waals surface area (Å²) >= 11 is 6.13. The molecule has 0 spiro atoms. The molecule has 3 aromatic carbocycles. The first-order chi connectivity index (χ1) is 16.0. The molecule has 5 nitrogen and oxygen atoms in total. The van der Waals surface area contributed by atoms with Crippen molar-refractivity contribution in [2.24, 2.45) is 0 Å². The lowest BCUT2D eigenvalue weighted by molar-refractivity contribution is -0.113. The number of rotatable bonds is 7. The largest absolute Gasteiger partial charge is 0.322 e. The van der Waals surface area contributed by atoms with Crippen LogP contribution in [-0.4, -0.2) is 22.6 Å². The van der Waals surface area contributed by atoms with Crippen molar-refractivity contribution in [3.63, 3.8) is 0 Å². The highest BCUT2D eigenvalue weighted by molar-refractivity contribution is 9.10. The van der Waals surface area contributed by atoms with Crippen LogP contribution in [0.2, 0.25) is 0 Å². The maximum absolute atomic E-state index is 13.0. The molecule has 0 bridgehead atoms. The first-order valence-corrected chi connectivity index (χ1v) is 12.4. The van der Waals surface area contributed by atoms with Gasteiger partial charge < -0.3 is 10.6 Å². The Hall–Kier alpha value is -3.01. The zero-order valence-corrected chi connectivity index (χ0v) is 20.3. The van der Waals surface area contributed by atoms with E-state index in [4.69, 9.17) is 0 Å². The molecule has 0 aliphatic carbocycles. The third-order valence-corrected chi connectivity index (χ3v) is 6.74. The maximum Gasteiger partial charge on any atom is 0.255 e. The molecule has 1 heterocycles. The van der Waals surface area contributed by atoms with Gasteiger partial charge in [0.15, 0.2) is 5.13 Å². The summed E-state index contributed by atoms with van der Waals surface area (Å²) < 4.78 is 14.0. The molecule has 2 amide bonds. The summed E-state index contributed by atoms with van der Waals surface area (Å²) in [4.78, 5) is 30.0. The summed E-state index contributed by atoms with van der Waals surface area (Å²) in [5.41, 5.74) is 2.73. The van der Waals surface area contributed by atoms with Crippen molar-refractivity contribution in [3.05, 3.63) is 94.0 Å². The highest BCUT2D eigenvalue weighted by Crippen LogP contribution is 2.27. The molecule has 0 saturated carbocycles. The first kappa shape index (κ1) is 23.2. The molecule has 4 aromatic rings. The fourth-order valence-electron chi connectivity index (χ4n) is 2.86. The van der Waals surface area contributed by atoms with E-state index < -0.39 is 5.82 Å². The number of amides is 2. The minimum atomic E-state index is -0.398. The van der Waals surface area contributed by atoms with Crippen LogP contribution >= 0.6 is 39.0 Å². The Kier molecular flexibility index (Phi) is 7.54. The standard InChI is InChI=1S/C24H17BrFN3O2S2/c25-17-8-4-15(5-9-17)21-13-33-24(28-21)29-22(30)14-32-20-3-1-2-19(12-20)27-23(31)16-6-10-18(26)11-7-16/h1-13H,14H2,(H,27,31)(H,28,29,30). The van der Waals surface area contributed by atoms with Crippen molar-refractivity contribution in [2.45, 2.75) is 4.90 Å². The number of thiazole rings is 1. The van der Waals surface area contributed by atoms with Crippen LogP contribution in [-0.2, 0) is 4.79 Å². The number of nitrogens with zero attached hydrogens (tertiary/aromatic N) is 1.